The maximum Gasteiger partial charge on any atom is 0.101 e. The fourth-order valence-electron chi connectivity index (χ4n) is 4.19. The highest BCUT2D eigenvalue weighted by atomic mass is 32.1. The van der Waals surface area contributed by atoms with Crippen molar-refractivity contribution in [3.63, 3.8) is 0 Å². The molecule has 0 spiro atoms. The van der Waals surface area contributed by atoms with Gasteiger partial charge in [0.25, 0.3) is 0 Å². The van der Waals surface area contributed by atoms with Gasteiger partial charge in [-0.2, -0.15) is 0 Å². The van der Waals surface area contributed by atoms with Crippen LogP contribution in [0.2, 0.25) is 0 Å². The van der Waals surface area contributed by atoms with Crippen molar-refractivity contribution >= 4 is 11.3 Å². The van der Waals surface area contributed by atoms with E-state index in [1.54, 1.807) is 0 Å². The normalized spacial score (nSPS) is 13.7. The van der Waals surface area contributed by atoms with Crippen molar-refractivity contribution in [3.8, 4) is 0 Å². The molecule has 0 aliphatic rings. The monoisotopic (exact) mass is 410 g/mol. The largest absolute Gasteiger partial charge is 0.247 e. The molecular formula is C26H47FS. The van der Waals surface area contributed by atoms with Crippen LogP contribution in [0.5, 0.6) is 0 Å². The van der Waals surface area contributed by atoms with Crippen LogP contribution in [0.15, 0.2) is 11.4 Å². The minimum absolute atomic E-state index is 0.366. The molecule has 164 valence electrons. The molecule has 2 heteroatoms. The second-order valence-corrected chi connectivity index (χ2v) is 9.82. The van der Waals surface area contributed by atoms with E-state index in [0.717, 1.165) is 12.8 Å². The van der Waals surface area contributed by atoms with Crippen molar-refractivity contribution in [1.29, 1.82) is 0 Å². The summed E-state index contributed by atoms with van der Waals surface area (Å²) in [6, 6.07) is 2.25. The van der Waals surface area contributed by atoms with E-state index in [4.69, 9.17) is 0 Å². The van der Waals surface area contributed by atoms with Crippen molar-refractivity contribution in [2.24, 2.45) is 0 Å². The fourth-order valence-corrected chi connectivity index (χ4v) is 5.23. The molecule has 0 aromatic carbocycles. The van der Waals surface area contributed by atoms with Gasteiger partial charge in [-0.3, -0.25) is 0 Å². The van der Waals surface area contributed by atoms with Crippen molar-refractivity contribution < 1.29 is 4.39 Å². The summed E-state index contributed by atoms with van der Waals surface area (Å²) in [5.41, 5.74) is 1.43. The summed E-state index contributed by atoms with van der Waals surface area (Å²) in [5, 5.41) is 2.21. The Hall–Kier alpha value is -0.370. The molecule has 2 unspecified atom stereocenters. The molecule has 1 rings (SSSR count). The molecule has 28 heavy (non-hydrogen) atoms. The fraction of sp³-hybridized carbons (Fsp3) is 0.846. The first kappa shape index (κ1) is 25.7. The van der Waals surface area contributed by atoms with Crippen LogP contribution in [0.25, 0.3) is 0 Å². The van der Waals surface area contributed by atoms with Crippen LogP contribution < -0.4 is 0 Å². The zero-order valence-corrected chi connectivity index (χ0v) is 19.9. The Labute approximate surface area is 179 Å². The molecule has 2 atom stereocenters. The Kier molecular flexibility index (Phi) is 16.0. The van der Waals surface area contributed by atoms with Crippen molar-refractivity contribution in [3.05, 3.63) is 21.9 Å². The highest BCUT2D eigenvalue weighted by molar-refractivity contribution is 7.10. The van der Waals surface area contributed by atoms with Gasteiger partial charge in [-0.25, -0.2) is 4.39 Å². The molecule has 0 aliphatic carbocycles. The van der Waals surface area contributed by atoms with Gasteiger partial charge in [0, 0.05) is 4.88 Å². The summed E-state index contributed by atoms with van der Waals surface area (Å²) in [7, 11) is 0. The summed E-state index contributed by atoms with van der Waals surface area (Å²) in [4.78, 5) is 1.52. The first-order valence-electron chi connectivity index (χ1n) is 12.4. The molecule has 0 N–H and O–H groups in total. The third-order valence-electron chi connectivity index (χ3n) is 6.05. The van der Waals surface area contributed by atoms with Crippen LogP contribution in [-0.2, 0) is 6.42 Å². The number of alkyl halides is 1. The Morgan fingerprint density at radius 1 is 0.786 bits per heavy atom. The predicted octanol–water partition coefficient (Wildman–Crippen LogP) is 10.0. The van der Waals surface area contributed by atoms with Gasteiger partial charge < -0.3 is 0 Å². The zero-order chi connectivity index (χ0) is 20.5. The van der Waals surface area contributed by atoms with Gasteiger partial charge in [-0.15, -0.1) is 11.3 Å². The van der Waals surface area contributed by atoms with Crippen LogP contribution in [-0.4, -0.2) is 6.17 Å². The molecule has 0 amide bonds. The van der Waals surface area contributed by atoms with Gasteiger partial charge in [0.1, 0.15) is 6.17 Å². The second kappa shape index (κ2) is 17.5. The highest BCUT2D eigenvalue weighted by Gasteiger charge is 2.17. The molecule has 0 nitrogen and oxygen atoms in total. The SMILES string of the molecule is CCCCCCCCCCCCc1sccc1C(C)CC(F)CCCCCC. The standard InChI is InChI=1S/C26H47FS/c1-4-6-8-10-11-12-13-14-15-17-19-26-25(20-21-28-26)23(3)22-24(27)18-16-9-7-5-2/h20-21,23-24H,4-19,22H2,1-3H3. The maximum absolute atomic E-state index is 14.3. The van der Waals surface area contributed by atoms with E-state index < -0.39 is 6.17 Å². The van der Waals surface area contributed by atoms with Crippen LogP contribution >= 0.6 is 11.3 Å². The van der Waals surface area contributed by atoms with Crippen molar-refractivity contribution in [2.45, 2.75) is 142 Å². The lowest BCUT2D eigenvalue weighted by molar-refractivity contribution is 0.274. The third-order valence-corrected chi connectivity index (χ3v) is 7.04. The van der Waals surface area contributed by atoms with Gasteiger partial charge in [0.2, 0.25) is 0 Å². The number of thiophene rings is 1. The van der Waals surface area contributed by atoms with Crippen LogP contribution in [0.4, 0.5) is 4.39 Å². The summed E-state index contributed by atoms with van der Waals surface area (Å²) in [6.07, 6.45) is 20.6. The Balaban J connectivity index is 2.15. The van der Waals surface area contributed by atoms with E-state index in [2.05, 4.69) is 32.2 Å². The number of aryl methyl sites for hydroxylation is 1. The van der Waals surface area contributed by atoms with E-state index in [1.165, 1.54) is 100 Å². The quantitative estimate of drug-likeness (QED) is 0.199. The first-order chi connectivity index (χ1) is 13.7. The van der Waals surface area contributed by atoms with Gasteiger partial charge >= 0.3 is 0 Å². The zero-order valence-electron chi connectivity index (χ0n) is 19.1. The lowest BCUT2D eigenvalue weighted by Gasteiger charge is -2.16. The molecule has 1 aromatic heterocycles. The maximum atomic E-state index is 14.3. The van der Waals surface area contributed by atoms with Crippen molar-refractivity contribution in [1.82, 2.24) is 0 Å². The van der Waals surface area contributed by atoms with Gasteiger partial charge in [0.15, 0.2) is 0 Å². The lowest BCUT2D eigenvalue weighted by Crippen LogP contribution is -2.07. The minimum Gasteiger partial charge on any atom is -0.247 e. The molecule has 0 aliphatic heterocycles. The summed E-state index contributed by atoms with van der Waals surface area (Å²) in [5.74, 6) is 0.366. The summed E-state index contributed by atoms with van der Waals surface area (Å²) < 4.78 is 14.3. The Morgan fingerprint density at radius 2 is 1.32 bits per heavy atom. The number of halogens is 1. The van der Waals surface area contributed by atoms with E-state index in [1.807, 2.05) is 11.3 Å². The lowest BCUT2D eigenvalue weighted by atomic mass is 9.92. The number of hydrogen-bond donors (Lipinski definition) is 0. The van der Waals surface area contributed by atoms with Crippen LogP contribution in [0.3, 0.4) is 0 Å². The van der Waals surface area contributed by atoms with Gasteiger partial charge in [-0.05, 0) is 48.6 Å². The van der Waals surface area contributed by atoms with E-state index in [9.17, 15) is 4.39 Å². The molecule has 0 radical (unpaired) electrons. The first-order valence-corrected chi connectivity index (χ1v) is 13.3. The second-order valence-electron chi connectivity index (χ2n) is 8.81. The average Bonchev–Trinajstić information content (AvgIpc) is 3.15. The molecule has 0 saturated heterocycles. The topological polar surface area (TPSA) is 0 Å². The number of rotatable bonds is 19. The average molecular weight is 411 g/mol. The number of hydrogen-bond acceptors (Lipinski definition) is 1. The molecule has 0 fully saturated rings. The molecule has 1 aromatic rings. The van der Waals surface area contributed by atoms with E-state index >= 15 is 0 Å². The van der Waals surface area contributed by atoms with Crippen LogP contribution in [0.1, 0.15) is 140 Å². The predicted molar refractivity (Wildman–Crippen MR) is 127 cm³/mol. The van der Waals surface area contributed by atoms with Crippen molar-refractivity contribution in [2.75, 3.05) is 0 Å². The Bertz CT molecular complexity index is 453. The summed E-state index contributed by atoms with van der Waals surface area (Å²) in [6.45, 7) is 6.72. The number of unbranched alkanes of at least 4 members (excludes halogenated alkanes) is 12. The molecule has 0 bridgehead atoms. The highest BCUT2D eigenvalue weighted by Crippen LogP contribution is 2.31. The minimum atomic E-state index is -0.628. The summed E-state index contributed by atoms with van der Waals surface area (Å²) >= 11 is 1.89. The molecule has 1 heterocycles. The van der Waals surface area contributed by atoms with E-state index in [-0.39, 0.29) is 0 Å². The van der Waals surface area contributed by atoms with Crippen LogP contribution in [0, 0.1) is 0 Å². The molecular weight excluding hydrogens is 363 g/mol. The van der Waals surface area contributed by atoms with Gasteiger partial charge in [0.05, 0.1) is 0 Å². The van der Waals surface area contributed by atoms with Gasteiger partial charge in [-0.1, -0.05) is 104 Å². The Morgan fingerprint density at radius 3 is 1.93 bits per heavy atom. The smallest absolute Gasteiger partial charge is 0.101 e. The van der Waals surface area contributed by atoms with E-state index in [0.29, 0.717) is 12.3 Å². The molecule has 0 saturated carbocycles. The third kappa shape index (κ3) is 12.2.